The molecule has 0 heterocycles. The summed E-state index contributed by atoms with van der Waals surface area (Å²) in [7, 11) is 0. The second kappa shape index (κ2) is 4.47. The summed E-state index contributed by atoms with van der Waals surface area (Å²) >= 11 is 0. The smallest absolute Gasteiger partial charge is 0.323 e. The van der Waals surface area contributed by atoms with E-state index in [0.717, 1.165) is 24.8 Å². The van der Waals surface area contributed by atoms with Crippen LogP contribution in [0.3, 0.4) is 0 Å². The van der Waals surface area contributed by atoms with Crippen LogP contribution in [0.15, 0.2) is 24.3 Å². The van der Waals surface area contributed by atoms with Gasteiger partial charge in [-0.25, -0.2) is 0 Å². The Labute approximate surface area is 102 Å². The van der Waals surface area contributed by atoms with Gasteiger partial charge in [0.1, 0.15) is 5.41 Å². The van der Waals surface area contributed by atoms with E-state index in [-0.39, 0.29) is 17.7 Å². The third-order valence-corrected chi connectivity index (χ3v) is 3.74. The van der Waals surface area contributed by atoms with E-state index in [9.17, 15) is 9.59 Å². The zero-order valence-electron chi connectivity index (χ0n) is 10.2. The molecule has 1 fully saturated rings. The Morgan fingerprint density at radius 1 is 1.59 bits per heavy atom. The quantitative estimate of drug-likeness (QED) is 0.544. The second-order valence-electron chi connectivity index (χ2n) is 4.76. The van der Waals surface area contributed by atoms with Gasteiger partial charge in [0, 0.05) is 5.92 Å². The summed E-state index contributed by atoms with van der Waals surface area (Å²) in [5.74, 6) is -0.589. The molecule has 2 atom stereocenters. The maximum absolute atomic E-state index is 12.5. The predicted octanol–water partition coefficient (Wildman–Crippen LogP) is 2.42. The topological polar surface area (TPSA) is 43.4 Å². The number of ether oxygens (including phenoxy) is 1. The van der Waals surface area contributed by atoms with Gasteiger partial charge in [-0.15, -0.1) is 0 Å². The first-order valence-corrected chi connectivity index (χ1v) is 6.21. The summed E-state index contributed by atoms with van der Waals surface area (Å²) in [4.78, 5) is 24.5. The van der Waals surface area contributed by atoms with Crippen molar-refractivity contribution in [3.05, 3.63) is 24.3 Å². The van der Waals surface area contributed by atoms with Gasteiger partial charge in [0.25, 0.3) is 0 Å². The first-order chi connectivity index (χ1) is 8.12. The molecule has 0 N–H and O–H groups in total. The van der Waals surface area contributed by atoms with Crippen molar-refractivity contribution in [3.8, 4) is 0 Å². The minimum absolute atomic E-state index is 0.0130. The van der Waals surface area contributed by atoms with Crippen LogP contribution in [0.2, 0.25) is 0 Å². The molecule has 92 valence electrons. The molecule has 0 aromatic rings. The highest BCUT2D eigenvalue weighted by Crippen LogP contribution is 2.43. The Kier molecular flexibility index (Phi) is 3.18. The van der Waals surface area contributed by atoms with Crippen LogP contribution in [-0.4, -0.2) is 18.4 Å². The average Bonchev–Trinajstić information content (AvgIpc) is 2.40. The van der Waals surface area contributed by atoms with Gasteiger partial charge in [0.05, 0.1) is 6.61 Å². The number of hydrogen-bond acceptors (Lipinski definition) is 3. The predicted molar refractivity (Wildman–Crippen MR) is 64.3 cm³/mol. The van der Waals surface area contributed by atoms with Crippen LogP contribution in [0.5, 0.6) is 0 Å². The van der Waals surface area contributed by atoms with Crippen LogP contribution < -0.4 is 0 Å². The Hall–Kier alpha value is -1.38. The number of fused-ring (bicyclic) bond motifs is 2. The van der Waals surface area contributed by atoms with E-state index < -0.39 is 5.41 Å². The molecular formula is C14H18O3. The molecule has 0 saturated heterocycles. The first-order valence-electron chi connectivity index (χ1n) is 6.21. The highest BCUT2D eigenvalue weighted by Gasteiger charge is 2.50. The molecule has 0 amide bonds. The molecule has 2 aliphatic rings. The van der Waals surface area contributed by atoms with E-state index in [1.54, 1.807) is 13.0 Å². The Morgan fingerprint density at radius 2 is 2.35 bits per heavy atom. The van der Waals surface area contributed by atoms with Gasteiger partial charge in [-0.2, -0.15) is 0 Å². The summed E-state index contributed by atoms with van der Waals surface area (Å²) in [5.41, 5.74) is -0.199. The highest BCUT2D eigenvalue weighted by atomic mass is 16.5. The average molecular weight is 234 g/mol. The Morgan fingerprint density at radius 3 is 3.06 bits per heavy atom. The molecule has 0 aliphatic heterocycles. The molecule has 0 aromatic heterocycles. The standard InChI is InChI=1S/C14H18O3/c1-3-17-13(16)14-8-5-4-6-11(12(14)15)10(2)7-9-14/h7,9,11H,2-6,8H2,1H3. The highest BCUT2D eigenvalue weighted by molar-refractivity contribution is 6.09. The van der Waals surface area contributed by atoms with Crippen LogP contribution in [0.1, 0.15) is 32.6 Å². The maximum atomic E-state index is 12.5. The van der Waals surface area contributed by atoms with Crippen molar-refractivity contribution >= 4 is 11.8 Å². The van der Waals surface area contributed by atoms with Crippen LogP contribution in [0.4, 0.5) is 0 Å². The lowest BCUT2D eigenvalue weighted by molar-refractivity contribution is -0.158. The molecule has 0 aromatic carbocycles. The van der Waals surface area contributed by atoms with Crippen molar-refractivity contribution in [2.24, 2.45) is 11.3 Å². The van der Waals surface area contributed by atoms with Crippen molar-refractivity contribution in [3.63, 3.8) is 0 Å². The third kappa shape index (κ3) is 1.84. The van der Waals surface area contributed by atoms with Crippen LogP contribution >= 0.6 is 0 Å². The largest absolute Gasteiger partial charge is 0.465 e. The summed E-state index contributed by atoms with van der Waals surface area (Å²) in [6.45, 7) is 5.98. The van der Waals surface area contributed by atoms with E-state index in [0.29, 0.717) is 13.0 Å². The molecule has 17 heavy (non-hydrogen) atoms. The fourth-order valence-corrected chi connectivity index (χ4v) is 2.73. The summed E-state index contributed by atoms with van der Waals surface area (Å²) in [6, 6.07) is 0. The van der Waals surface area contributed by atoms with Gasteiger partial charge >= 0.3 is 5.97 Å². The molecule has 2 rings (SSSR count). The van der Waals surface area contributed by atoms with E-state index in [1.165, 1.54) is 0 Å². The van der Waals surface area contributed by atoms with Crippen LogP contribution in [0, 0.1) is 11.3 Å². The van der Waals surface area contributed by atoms with Gasteiger partial charge in [-0.1, -0.05) is 31.6 Å². The minimum atomic E-state index is -1.03. The molecule has 2 bridgehead atoms. The number of Topliss-reactive ketones (excluding diaryl/α,β-unsaturated/α-hetero) is 1. The first kappa shape index (κ1) is 12.1. The van der Waals surface area contributed by atoms with Gasteiger partial charge in [-0.3, -0.25) is 9.59 Å². The monoisotopic (exact) mass is 234 g/mol. The molecule has 3 heteroatoms. The fourth-order valence-electron chi connectivity index (χ4n) is 2.73. The van der Waals surface area contributed by atoms with Crippen molar-refractivity contribution < 1.29 is 14.3 Å². The number of carbonyl (C=O) groups is 2. The van der Waals surface area contributed by atoms with Crippen LogP contribution in [-0.2, 0) is 14.3 Å². The molecular weight excluding hydrogens is 216 g/mol. The van der Waals surface area contributed by atoms with Gasteiger partial charge in [-0.05, 0) is 25.3 Å². The summed E-state index contributed by atoms with van der Waals surface area (Å²) in [6.07, 6.45) is 6.77. The Balaban J connectivity index is 2.41. The van der Waals surface area contributed by atoms with E-state index in [1.807, 2.05) is 6.08 Å². The minimum Gasteiger partial charge on any atom is -0.465 e. The molecule has 0 radical (unpaired) electrons. The van der Waals surface area contributed by atoms with Crippen molar-refractivity contribution in [1.29, 1.82) is 0 Å². The van der Waals surface area contributed by atoms with Crippen LogP contribution in [0.25, 0.3) is 0 Å². The molecule has 2 unspecified atom stereocenters. The maximum Gasteiger partial charge on any atom is 0.323 e. The molecule has 2 aliphatic carbocycles. The number of rotatable bonds is 2. The van der Waals surface area contributed by atoms with Crippen molar-refractivity contribution in [1.82, 2.24) is 0 Å². The van der Waals surface area contributed by atoms with Gasteiger partial charge in [0.2, 0.25) is 0 Å². The fraction of sp³-hybridized carbons (Fsp3) is 0.571. The normalized spacial score (nSPS) is 32.2. The van der Waals surface area contributed by atoms with Gasteiger partial charge in [0.15, 0.2) is 5.78 Å². The lowest BCUT2D eigenvalue weighted by Crippen LogP contribution is -2.43. The van der Waals surface area contributed by atoms with Crippen molar-refractivity contribution in [2.75, 3.05) is 6.61 Å². The van der Waals surface area contributed by atoms with E-state index in [4.69, 9.17) is 4.74 Å². The van der Waals surface area contributed by atoms with E-state index in [2.05, 4.69) is 6.58 Å². The second-order valence-corrected chi connectivity index (χ2v) is 4.76. The third-order valence-electron chi connectivity index (χ3n) is 3.74. The Bertz CT molecular complexity index is 394. The van der Waals surface area contributed by atoms with Gasteiger partial charge < -0.3 is 4.74 Å². The number of esters is 1. The zero-order chi connectivity index (χ0) is 12.5. The van der Waals surface area contributed by atoms with E-state index >= 15 is 0 Å². The number of carbonyl (C=O) groups excluding carboxylic acids is 2. The summed E-state index contributed by atoms with van der Waals surface area (Å²) in [5, 5.41) is 0. The number of allylic oxidation sites excluding steroid dienone is 2. The van der Waals surface area contributed by atoms with Crippen molar-refractivity contribution in [2.45, 2.75) is 32.6 Å². The SMILES string of the molecule is C=C1C=CC2(C(=O)OCC)CCCCC1C2=O. The lowest BCUT2D eigenvalue weighted by atomic mass is 9.70. The summed E-state index contributed by atoms with van der Waals surface area (Å²) < 4.78 is 5.08. The molecule has 1 saturated carbocycles. The number of ketones is 1. The number of hydrogen-bond donors (Lipinski definition) is 0. The molecule has 0 spiro atoms. The lowest BCUT2D eigenvalue weighted by Gasteiger charge is -2.32. The zero-order valence-corrected chi connectivity index (χ0v) is 10.2. The molecule has 3 nitrogen and oxygen atoms in total.